The Morgan fingerprint density at radius 2 is 2.00 bits per heavy atom. The Kier molecular flexibility index (Phi) is 3.77. The molecule has 0 saturated heterocycles. The molecule has 0 saturated carbocycles. The van der Waals surface area contributed by atoms with E-state index >= 15 is 0 Å². The molecule has 0 unspecified atom stereocenters. The first kappa shape index (κ1) is 12.4. The van der Waals surface area contributed by atoms with Crippen molar-refractivity contribution in [3.8, 4) is 5.75 Å². The van der Waals surface area contributed by atoms with Gasteiger partial charge in [-0.3, -0.25) is 4.79 Å². The first-order valence-electron chi connectivity index (χ1n) is 5.69. The van der Waals surface area contributed by atoms with E-state index in [0.29, 0.717) is 13.0 Å². The fraction of sp³-hybridized carbons (Fsp3) is 0.286. The summed E-state index contributed by atoms with van der Waals surface area (Å²) >= 11 is 0. The molecule has 0 fully saturated rings. The van der Waals surface area contributed by atoms with Gasteiger partial charge in [0.05, 0.1) is 11.3 Å². The molecular weight excluding hydrogens is 230 g/mol. The highest BCUT2D eigenvalue weighted by Crippen LogP contribution is 2.17. The van der Waals surface area contributed by atoms with E-state index in [1.807, 2.05) is 44.4 Å². The van der Waals surface area contributed by atoms with Crippen LogP contribution in [0.15, 0.2) is 28.8 Å². The van der Waals surface area contributed by atoms with Crippen molar-refractivity contribution in [2.45, 2.75) is 26.9 Å². The number of aryl methyl sites for hydroxylation is 2. The Bertz CT molecular complexity index is 509. The number of aromatic nitrogens is 1. The third kappa shape index (κ3) is 2.77. The largest absolute Gasteiger partial charge is 0.489 e. The maximum absolute atomic E-state index is 10.2. The van der Waals surface area contributed by atoms with Gasteiger partial charge in [0.15, 0.2) is 0 Å². The lowest BCUT2D eigenvalue weighted by Crippen LogP contribution is -1.98. The Morgan fingerprint density at radius 3 is 2.56 bits per heavy atom. The molecule has 0 aliphatic heterocycles. The molecule has 18 heavy (non-hydrogen) atoms. The van der Waals surface area contributed by atoms with E-state index in [4.69, 9.17) is 9.26 Å². The second-order valence-electron chi connectivity index (χ2n) is 4.06. The van der Waals surface area contributed by atoms with Crippen LogP contribution in [0.4, 0.5) is 0 Å². The van der Waals surface area contributed by atoms with Crippen molar-refractivity contribution in [2.24, 2.45) is 0 Å². The average Bonchev–Trinajstić information content (AvgIpc) is 2.69. The maximum Gasteiger partial charge on any atom is 0.203 e. The number of benzene rings is 1. The van der Waals surface area contributed by atoms with Crippen molar-refractivity contribution >= 4 is 6.29 Å². The van der Waals surface area contributed by atoms with Crippen LogP contribution in [-0.4, -0.2) is 11.4 Å². The predicted molar refractivity (Wildman–Crippen MR) is 66.1 cm³/mol. The van der Waals surface area contributed by atoms with E-state index in [9.17, 15) is 4.79 Å². The molecule has 1 aromatic carbocycles. The summed E-state index contributed by atoms with van der Waals surface area (Å²) in [6.45, 7) is 4.18. The van der Waals surface area contributed by atoms with Gasteiger partial charge in [-0.05, 0) is 31.5 Å². The quantitative estimate of drug-likeness (QED) is 0.811. The van der Waals surface area contributed by atoms with Gasteiger partial charge in [0.2, 0.25) is 6.29 Å². The molecule has 0 spiro atoms. The van der Waals surface area contributed by atoms with Gasteiger partial charge >= 0.3 is 0 Å². The third-order valence-electron chi connectivity index (χ3n) is 2.76. The predicted octanol–water partition coefficient (Wildman–Crippen LogP) is 2.52. The van der Waals surface area contributed by atoms with Gasteiger partial charge in [-0.15, -0.1) is 0 Å². The van der Waals surface area contributed by atoms with Crippen LogP contribution >= 0.6 is 0 Å². The van der Waals surface area contributed by atoms with Crippen LogP contribution in [0.1, 0.15) is 22.6 Å². The van der Waals surface area contributed by atoms with Crippen LogP contribution in [0.3, 0.4) is 0 Å². The van der Waals surface area contributed by atoms with Crippen molar-refractivity contribution in [3.05, 3.63) is 46.8 Å². The number of hydrogen-bond donors (Lipinski definition) is 0. The molecule has 4 heteroatoms. The normalized spacial score (nSPS) is 10.3. The molecule has 0 aliphatic carbocycles. The van der Waals surface area contributed by atoms with Crippen LogP contribution in [0, 0.1) is 13.8 Å². The summed E-state index contributed by atoms with van der Waals surface area (Å²) in [6, 6.07) is 7.39. The molecule has 1 radical (unpaired) electrons. The highest BCUT2D eigenvalue weighted by atomic mass is 16.5. The van der Waals surface area contributed by atoms with Crippen LogP contribution < -0.4 is 4.74 Å². The molecular formula is C14H14NO3. The molecule has 0 bridgehead atoms. The van der Waals surface area contributed by atoms with Gasteiger partial charge in [-0.2, -0.15) is 0 Å². The van der Waals surface area contributed by atoms with E-state index in [1.165, 1.54) is 0 Å². The Labute approximate surface area is 106 Å². The zero-order valence-corrected chi connectivity index (χ0v) is 10.4. The fourth-order valence-corrected chi connectivity index (χ4v) is 1.65. The third-order valence-corrected chi connectivity index (χ3v) is 2.76. The Balaban J connectivity index is 2.00. The molecule has 93 valence electrons. The second kappa shape index (κ2) is 5.49. The number of rotatable bonds is 5. The van der Waals surface area contributed by atoms with Gasteiger partial charge in [-0.25, -0.2) is 0 Å². The van der Waals surface area contributed by atoms with Gasteiger partial charge in [0.1, 0.15) is 18.1 Å². The standard InChI is InChI=1S/C14H14NO3/c1-10-14(11(2)18-15-10)9-17-13-5-3-12(4-6-13)7-8-16/h3-6H,7,9H2,1-2H3. The number of ether oxygens (including phenoxy) is 1. The molecule has 0 N–H and O–H groups in total. The summed E-state index contributed by atoms with van der Waals surface area (Å²) in [5, 5.41) is 3.87. The van der Waals surface area contributed by atoms with Gasteiger partial charge in [-0.1, -0.05) is 17.3 Å². The molecule has 4 nitrogen and oxygen atoms in total. The van der Waals surface area contributed by atoms with Crippen molar-refractivity contribution < 1.29 is 14.1 Å². The van der Waals surface area contributed by atoms with Crippen LogP contribution in [0.25, 0.3) is 0 Å². The molecule has 2 aromatic rings. The van der Waals surface area contributed by atoms with Crippen molar-refractivity contribution in [2.75, 3.05) is 0 Å². The highest BCUT2D eigenvalue weighted by molar-refractivity contribution is 5.55. The summed E-state index contributed by atoms with van der Waals surface area (Å²) in [7, 11) is 0. The Hall–Kier alpha value is -2.10. The minimum atomic E-state index is 0.310. The number of nitrogens with zero attached hydrogens (tertiary/aromatic N) is 1. The molecule has 0 atom stereocenters. The van der Waals surface area contributed by atoms with E-state index in [1.54, 1.807) is 0 Å². The molecule has 0 aliphatic rings. The number of hydrogen-bond acceptors (Lipinski definition) is 4. The molecule has 0 amide bonds. The second-order valence-corrected chi connectivity index (χ2v) is 4.06. The topological polar surface area (TPSA) is 52.3 Å². The monoisotopic (exact) mass is 244 g/mol. The van der Waals surface area contributed by atoms with Crippen molar-refractivity contribution in [1.82, 2.24) is 5.16 Å². The molecule has 1 heterocycles. The van der Waals surface area contributed by atoms with E-state index in [2.05, 4.69) is 5.16 Å². The lowest BCUT2D eigenvalue weighted by molar-refractivity contribution is 0.301. The smallest absolute Gasteiger partial charge is 0.203 e. The molecule has 2 rings (SSSR count). The lowest BCUT2D eigenvalue weighted by Gasteiger charge is -2.06. The van der Waals surface area contributed by atoms with Gasteiger partial charge < -0.3 is 9.26 Å². The van der Waals surface area contributed by atoms with Crippen LogP contribution in [0.5, 0.6) is 5.75 Å². The van der Waals surface area contributed by atoms with Gasteiger partial charge in [0, 0.05) is 6.42 Å². The van der Waals surface area contributed by atoms with E-state index < -0.39 is 0 Å². The minimum Gasteiger partial charge on any atom is -0.489 e. The van der Waals surface area contributed by atoms with Crippen molar-refractivity contribution in [3.63, 3.8) is 0 Å². The first-order chi connectivity index (χ1) is 8.70. The fourth-order valence-electron chi connectivity index (χ4n) is 1.65. The van der Waals surface area contributed by atoms with Crippen LogP contribution in [0.2, 0.25) is 0 Å². The average molecular weight is 244 g/mol. The zero-order chi connectivity index (χ0) is 13.0. The summed E-state index contributed by atoms with van der Waals surface area (Å²) in [5.74, 6) is 1.53. The summed E-state index contributed by atoms with van der Waals surface area (Å²) in [4.78, 5) is 10.2. The van der Waals surface area contributed by atoms with E-state index in [0.717, 1.165) is 28.3 Å². The van der Waals surface area contributed by atoms with Crippen molar-refractivity contribution in [1.29, 1.82) is 0 Å². The van der Waals surface area contributed by atoms with E-state index in [-0.39, 0.29) is 0 Å². The van der Waals surface area contributed by atoms with Crippen LogP contribution in [-0.2, 0) is 17.8 Å². The summed E-state index contributed by atoms with van der Waals surface area (Å²) in [5.41, 5.74) is 2.75. The van der Waals surface area contributed by atoms with Gasteiger partial charge in [0.25, 0.3) is 0 Å². The Morgan fingerprint density at radius 1 is 1.28 bits per heavy atom. The maximum atomic E-state index is 10.2. The summed E-state index contributed by atoms with van der Waals surface area (Å²) in [6.07, 6.45) is 2.17. The lowest BCUT2D eigenvalue weighted by atomic mass is 10.1. The first-order valence-corrected chi connectivity index (χ1v) is 5.69. The molecule has 1 aromatic heterocycles. The highest BCUT2D eigenvalue weighted by Gasteiger charge is 2.09. The zero-order valence-electron chi connectivity index (χ0n) is 10.4. The SMILES string of the molecule is Cc1noc(C)c1COc1ccc(C[C]=O)cc1. The number of carbonyl (C=O) groups excluding carboxylic acids is 1. The summed E-state index contributed by atoms with van der Waals surface area (Å²) < 4.78 is 10.7. The minimum absolute atomic E-state index is 0.310.